The summed E-state index contributed by atoms with van der Waals surface area (Å²) in [6, 6.07) is -0.699. The van der Waals surface area contributed by atoms with Gasteiger partial charge < -0.3 is 10.3 Å². The Kier molecular flexibility index (Phi) is 5.51. The van der Waals surface area contributed by atoms with E-state index in [0.29, 0.717) is 5.70 Å². The van der Waals surface area contributed by atoms with Gasteiger partial charge in [0, 0.05) is 12.2 Å². The van der Waals surface area contributed by atoms with E-state index in [4.69, 9.17) is 0 Å². The van der Waals surface area contributed by atoms with Gasteiger partial charge in [0.2, 0.25) is 11.8 Å². The smallest absolute Gasteiger partial charge is 0.331 e. The van der Waals surface area contributed by atoms with Crippen LogP contribution in [0.5, 0.6) is 0 Å². The quantitative estimate of drug-likeness (QED) is 0.407. The number of imide groups is 2. The third-order valence-electron chi connectivity index (χ3n) is 4.09. The Morgan fingerprint density at radius 3 is 2.61 bits per heavy atom. The number of likely N-dealkylation sites (N-methyl/N-ethyl adjacent to an activating group) is 1. The molecule has 0 spiro atoms. The molecule has 2 saturated heterocycles. The zero-order valence-corrected chi connectivity index (χ0v) is 13.6. The van der Waals surface area contributed by atoms with Crippen LogP contribution in [-0.2, 0) is 9.59 Å². The highest BCUT2D eigenvalue weighted by Crippen LogP contribution is 2.18. The Hall–Kier alpha value is -2.19. The van der Waals surface area contributed by atoms with Crippen molar-refractivity contribution in [2.75, 3.05) is 39.8 Å². The van der Waals surface area contributed by atoms with Gasteiger partial charge >= 0.3 is 6.03 Å². The highest BCUT2D eigenvalue weighted by Gasteiger charge is 2.42. The van der Waals surface area contributed by atoms with Crippen molar-refractivity contribution in [2.45, 2.75) is 6.92 Å². The molecule has 2 aliphatic heterocycles. The van der Waals surface area contributed by atoms with Gasteiger partial charge in [-0.3, -0.25) is 19.8 Å². The molecule has 0 bridgehead atoms. The molecule has 2 fully saturated rings. The van der Waals surface area contributed by atoms with Crippen molar-refractivity contribution in [3.63, 3.8) is 0 Å². The number of carbonyl (C=O) groups is 3. The molecule has 0 aromatic heterocycles. The van der Waals surface area contributed by atoms with Crippen molar-refractivity contribution in [1.82, 2.24) is 20.7 Å². The fraction of sp³-hybridized carbons (Fsp3) is 0.533. The minimum absolute atomic E-state index is 0.0727. The van der Waals surface area contributed by atoms with Gasteiger partial charge in [-0.25, -0.2) is 9.80 Å². The summed E-state index contributed by atoms with van der Waals surface area (Å²) in [5.41, 5.74) is 3.66. The maximum absolute atomic E-state index is 12.5. The Bertz CT molecular complexity index is 537. The SMILES string of the molecule is C=CCN1C(=O)NC(=O)[C@@H](/C(=C\C)NN2CC[NH+](C)CC2)C1=O. The summed E-state index contributed by atoms with van der Waals surface area (Å²) in [7, 11) is 2.13. The average molecular weight is 322 g/mol. The first-order valence-electron chi connectivity index (χ1n) is 7.74. The number of rotatable bonds is 5. The Balaban J connectivity index is 2.12. The number of piperazine rings is 1. The zero-order valence-electron chi connectivity index (χ0n) is 13.6. The molecule has 2 aliphatic rings. The minimum atomic E-state index is -1.04. The molecule has 2 rings (SSSR count). The molecule has 0 saturated carbocycles. The number of hydrogen-bond acceptors (Lipinski definition) is 5. The molecule has 4 amide bonds. The largest absolute Gasteiger partial charge is 0.335 e. The van der Waals surface area contributed by atoms with Gasteiger partial charge in [0.15, 0.2) is 5.92 Å². The van der Waals surface area contributed by atoms with Gasteiger partial charge in [0.05, 0.1) is 33.2 Å². The Morgan fingerprint density at radius 1 is 1.39 bits per heavy atom. The molecular weight excluding hydrogens is 298 g/mol. The third-order valence-corrected chi connectivity index (χ3v) is 4.09. The van der Waals surface area contributed by atoms with E-state index in [-0.39, 0.29) is 6.54 Å². The molecule has 23 heavy (non-hydrogen) atoms. The van der Waals surface area contributed by atoms with E-state index in [1.165, 1.54) is 11.0 Å². The number of hydrazine groups is 1. The van der Waals surface area contributed by atoms with Gasteiger partial charge in [-0.15, -0.1) is 6.58 Å². The summed E-state index contributed by atoms with van der Waals surface area (Å²) in [6.45, 7) is 8.97. The molecule has 0 aromatic carbocycles. The van der Waals surface area contributed by atoms with Crippen molar-refractivity contribution >= 4 is 17.8 Å². The predicted octanol–water partition coefficient (Wildman–Crippen LogP) is -1.89. The van der Waals surface area contributed by atoms with Crippen LogP contribution in [-0.4, -0.2) is 67.5 Å². The molecule has 8 heteroatoms. The van der Waals surface area contributed by atoms with Gasteiger partial charge in [-0.05, 0) is 6.92 Å². The Labute approximate surface area is 135 Å². The highest BCUT2D eigenvalue weighted by atomic mass is 16.2. The number of carbonyl (C=O) groups excluding carboxylic acids is 3. The van der Waals surface area contributed by atoms with Crippen LogP contribution in [0.4, 0.5) is 4.79 Å². The molecule has 8 nitrogen and oxygen atoms in total. The van der Waals surface area contributed by atoms with E-state index in [1.54, 1.807) is 13.0 Å². The molecule has 2 heterocycles. The van der Waals surface area contributed by atoms with Gasteiger partial charge in [0.1, 0.15) is 0 Å². The number of barbiturate groups is 1. The van der Waals surface area contributed by atoms with Crippen molar-refractivity contribution in [2.24, 2.45) is 5.92 Å². The van der Waals surface area contributed by atoms with Crippen molar-refractivity contribution in [3.05, 3.63) is 24.4 Å². The first-order valence-corrected chi connectivity index (χ1v) is 7.74. The molecule has 1 atom stereocenters. The maximum atomic E-state index is 12.5. The number of nitrogens with one attached hydrogen (secondary N) is 3. The highest BCUT2D eigenvalue weighted by molar-refractivity contribution is 6.17. The van der Waals surface area contributed by atoms with Crippen LogP contribution in [0.25, 0.3) is 0 Å². The normalized spacial score (nSPS) is 24.6. The summed E-state index contributed by atoms with van der Waals surface area (Å²) in [6.07, 6.45) is 3.16. The van der Waals surface area contributed by atoms with E-state index in [9.17, 15) is 14.4 Å². The molecule has 126 valence electrons. The van der Waals surface area contributed by atoms with Gasteiger partial charge in [-0.1, -0.05) is 12.2 Å². The molecular formula is C15H24N5O3+. The second-order valence-corrected chi connectivity index (χ2v) is 5.76. The molecule has 0 unspecified atom stereocenters. The fourth-order valence-corrected chi connectivity index (χ4v) is 2.67. The van der Waals surface area contributed by atoms with Crippen LogP contribution >= 0.6 is 0 Å². The zero-order chi connectivity index (χ0) is 17.0. The summed E-state index contributed by atoms with van der Waals surface area (Å²) in [5, 5.41) is 4.23. The topological polar surface area (TPSA) is 86.2 Å². The fourth-order valence-electron chi connectivity index (χ4n) is 2.67. The lowest BCUT2D eigenvalue weighted by Gasteiger charge is -2.35. The van der Waals surface area contributed by atoms with E-state index in [1.807, 2.05) is 5.01 Å². The van der Waals surface area contributed by atoms with Crippen molar-refractivity contribution in [1.29, 1.82) is 0 Å². The third kappa shape index (κ3) is 3.77. The predicted molar refractivity (Wildman–Crippen MR) is 84.0 cm³/mol. The maximum Gasteiger partial charge on any atom is 0.331 e. The van der Waals surface area contributed by atoms with Crippen LogP contribution < -0.4 is 15.6 Å². The summed E-state index contributed by atoms with van der Waals surface area (Å²) >= 11 is 0. The Morgan fingerprint density at radius 2 is 2.04 bits per heavy atom. The first-order chi connectivity index (χ1) is 11.0. The number of urea groups is 1. The standard InChI is InChI=1S/C15H23N5O3/c1-4-6-20-14(22)12(13(21)16-15(20)23)11(5-2)17-19-9-7-18(3)8-10-19/h4-5,12,17H,1,6-10H2,2-3H3,(H,16,21,23)/p+1/b11-5+/t12-/m1/s1. The van der Waals surface area contributed by atoms with Crippen molar-refractivity contribution < 1.29 is 19.3 Å². The first kappa shape index (κ1) is 17.2. The lowest BCUT2D eigenvalue weighted by molar-refractivity contribution is -0.884. The second-order valence-electron chi connectivity index (χ2n) is 5.76. The van der Waals surface area contributed by atoms with E-state index in [0.717, 1.165) is 31.1 Å². The van der Waals surface area contributed by atoms with Crippen LogP contribution in [0.1, 0.15) is 6.92 Å². The molecule has 3 N–H and O–H groups in total. The monoisotopic (exact) mass is 322 g/mol. The number of allylic oxidation sites excluding steroid dienone is 1. The summed E-state index contributed by atoms with van der Waals surface area (Å²) in [5.74, 6) is -2.16. The lowest BCUT2D eigenvalue weighted by atomic mass is 10.0. The van der Waals surface area contributed by atoms with E-state index < -0.39 is 23.8 Å². The van der Waals surface area contributed by atoms with E-state index in [2.05, 4.69) is 24.4 Å². The van der Waals surface area contributed by atoms with Crippen LogP contribution in [0.3, 0.4) is 0 Å². The second kappa shape index (κ2) is 7.38. The molecule has 0 radical (unpaired) electrons. The van der Waals surface area contributed by atoms with Crippen LogP contribution in [0, 0.1) is 5.92 Å². The van der Waals surface area contributed by atoms with Crippen LogP contribution in [0.15, 0.2) is 24.4 Å². The van der Waals surface area contributed by atoms with Crippen LogP contribution in [0.2, 0.25) is 0 Å². The number of hydrogen-bond donors (Lipinski definition) is 3. The number of amides is 4. The van der Waals surface area contributed by atoms with Gasteiger partial charge in [0.25, 0.3) is 0 Å². The summed E-state index contributed by atoms with van der Waals surface area (Å²) in [4.78, 5) is 38.9. The number of quaternary nitrogens is 1. The lowest BCUT2D eigenvalue weighted by Crippen LogP contribution is -3.12. The summed E-state index contributed by atoms with van der Waals surface area (Å²) < 4.78 is 0. The number of nitrogens with zero attached hydrogens (tertiary/aromatic N) is 2. The van der Waals surface area contributed by atoms with E-state index >= 15 is 0 Å². The average Bonchev–Trinajstić information content (AvgIpc) is 2.52. The molecule has 0 aromatic rings. The molecule has 0 aliphatic carbocycles. The minimum Gasteiger partial charge on any atom is -0.335 e. The van der Waals surface area contributed by atoms with Gasteiger partial charge in [-0.2, -0.15) is 0 Å². The van der Waals surface area contributed by atoms with Crippen molar-refractivity contribution in [3.8, 4) is 0 Å².